The third kappa shape index (κ3) is 6.65. The minimum absolute atomic E-state index is 0.0333. The van der Waals surface area contributed by atoms with E-state index in [0.29, 0.717) is 17.7 Å². The SMILES string of the molecule is CCCCC(=O)Nc1ccc(N2CCN(c3ccccc3OC)CC2)c(C(=O)NC(C)c2ccccc2)c1. The molecule has 1 heterocycles. The molecule has 0 aromatic heterocycles. The van der Waals surface area contributed by atoms with Gasteiger partial charge in [0.2, 0.25) is 5.91 Å². The van der Waals surface area contributed by atoms with E-state index in [2.05, 4.69) is 33.4 Å². The molecule has 1 aliphatic rings. The van der Waals surface area contributed by atoms with E-state index >= 15 is 0 Å². The minimum atomic E-state index is -0.159. The van der Waals surface area contributed by atoms with Crippen LogP contribution in [-0.2, 0) is 4.79 Å². The monoisotopic (exact) mass is 514 g/mol. The van der Waals surface area contributed by atoms with Crippen molar-refractivity contribution in [3.8, 4) is 5.75 Å². The number of unbranched alkanes of at least 4 members (excludes halogenated alkanes) is 1. The number of piperazine rings is 1. The number of amides is 2. The molecule has 0 bridgehead atoms. The van der Waals surface area contributed by atoms with Gasteiger partial charge in [0.1, 0.15) is 5.75 Å². The van der Waals surface area contributed by atoms with Gasteiger partial charge in [-0.2, -0.15) is 0 Å². The van der Waals surface area contributed by atoms with Gasteiger partial charge in [-0.3, -0.25) is 9.59 Å². The van der Waals surface area contributed by atoms with Crippen LogP contribution in [-0.4, -0.2) is 45.1 Å². The Kier molecular flexibility index (Phi) is 9.25. The number of nitrogens with one attached hydrogen (secondary N) is 2. The van der Waals surface area contributed by atoms with Gasteiger partial charge in [-0.05, 0) is 49.2 Å². The first-order chi connectivity index (χ1) is 18.5. The highest BCUT2D eigenvalue weighted by Crippen LogP contribution is 2.31. The Balaban J connectivity index is 1.54. The lowest BCUT2D eigenvalue weighted by atomic mass is 10.1. The molecule has 2 N–H and O–H groups in total. The van der Waals surface area contributed by atoms with E-state index in [0.717, 1.165) is 61.7 Å². The maximum Gasteiger partial charge on any atom is 0.253 e. The Morgan fingerprint density at radius 1 is 0.895 bits per heavy atom. The summed E-state index contributed by atoms with van der Waals surface area (Å²) in [7, 11) is 1.69. The summed E-state index contributed by atoms with van der Waals surface area (Å²) in [6.45, 7) is 7.17. The van der Waals surface area contributed by atoms with Crippen LogP contribution in [0.5, 0.6) is 5.75 Å². The number of benzene rings is 3. The van der Waals surface area contributed by atoms with Crippen LogP contribution in [0.4, 0.5) is 17.1 Å². The number of hydrogen-bond acceptors (Lipinski definition) is 5. The third-order valence-electron chi connectivity index (χ3n) is 6.98. The fourth-order valence-corrected chi connectivity index (χ4v) is 4.81. The summed E-state index contributed by atoms with van der Waals surface area (Å²) in [5.74, 6) is 0.668. The van der Waals surface area contributed by atoms with Crippen LogP contribution in [0.25, 0.3) is 0 Å². The van der Waals surface area contributed by atoms with Gasteiger partial charge in [0.05, 0.1) is 24.4 Å². The number of rotatable bonds is 10. The molecule has 0 aliphatic carbocycles. The summed E-state index contributed by atoms with van der Waals surface area (Å²) in [6, 6.07) is 23.5. The fourth-order valence-electron chi connectivity index (χ4n) is 4.81. The molecule has 1 atom stereocenters. The number of para-hydroxylation sites is 2. The van der Waals surface area contributed by atoms with Crippen molar-refractivity contribution in [2.75, 3.05) is 48.4 Å². The Hall–Kier alpha value is -4.00. The summed E-state index contributed by atoms with van der Waals surface area (Å²) in [5.41, 5.74) is 4.19. The first kappa shape index (κ1) is 27.0. The topological polar surface area (TPSA) is 73.9 Å². The van der Waals surface area contributed by atoms with Gasteiger partial charge in [-0.25, -0.2) is 0 Å². The van der Waals surface area contributed by atoms with Gasteiger partial charge in [0.25, 0.3) is 5.91 Å². The standard InChI is InChI=1S/C31H38N4O3/c1-4-5-15-30(36)33-25-16-17-27(26(22-25)31(37)32-23(2)24-11-7-6-8-12-24)34-18-20-35(21-19-34)28-13-9-10-14-29(28)38-3/h6-14,16-17,22-23H,4-5,15,18-21H2,1-3H3,(H,32,37)(H,33,36). The summed E-state index contributed by atoms with van der Waals surface area (Å²) >= 11 is 0. The molecule has 200 valence electrons. The molecule has 1 unspecified atom stereocenters. The molecular weight excluding hydrogens is 476 g/mol. The molecule has 3 aromatic rings. The number of carbonyl (C=O) groups is 2. The Morgan fingerprint density at radius 3 is 2.24 bits per heavy atom. The van der Waals surface area contributed by atoms with Crippen LogP contribution in [0.1, 0.15) is 55.1 Å². The largest absolute Gasteiger partial charge is 0.495 e. The zero-order chi connectivity index (χ0) is 26.9. The van der Waals surface area contributed by atoms with Crippen LogP contribution >= 0.6 is 0 Å². The van der Waals surface area contributed by atoms with E-state index in [1.54, 1.807) is 13.2 Å². The van der Waals surface area contributed by atoms with Crippen molar-refractivity contribution in [3.63, 3.8) is 0 Å². The molecule has 0 radical (unpaired) electrons. The molecule has 1 aliphatic heterocycles. The van der Waals surface area contributed by atoms with Gasteiger partial charge in [-0.1, -0.05) is 55.8 Å². The fraction of sp³-hybridized carbons (Fsp3) is 0.355. The number of carbonyl (C=O) groups excluding carboxylic acids is 2. The minimum Gasteiger partial charge on any atom is -0.495 e. The number of ether oxygens (including phenoxy) is 1. The number of nitrogens with zero attached hydrogens (tertiary/aromatic N) is 2. The quantitative estimate of drug-likeness (QED) is 0.366. The van der Waals surface area contributed by atoms with Gasteiger partial charge < -0.3 is 25.2 Å². The van der Waals surface area contributed by atoms with E-state index < -0.39 is 0 Å². The van der Waals surface area contributed by atoms with Crippen molar-refractivity contribution in [2.24, 2.45) is 0 Å². The van der Waals surface area contributed by atoms with Gasteiger partial charge in [0.15, 0.2) is 0 Å². The molecule has 1 fully saturated rings. The number of methoxy groups -OCH3 is 1. The van der Waals surface area contributed by atoms with Crippen LogP contribution < -0.4 is 25.2 Å². The maximum atomic E-state index is 13.6. The first-order valence-electron chi connectivity index (χ1n) is 13.4. The van der Waals surface area contributed by atoms with Gasteiger partial charge in [0, 0.05) is 44.0 Å². The maximum absolute atomic E-state index is 13.6. The average molecular weight is 515 g/mol. The second-order valence-corrected chi connectivity index (χ2v) is 9.64. The third-order valence-corrected chi connectivity index (χ3v) is 6.98. The van der Waals surface area contributed by atoms with Crippen molar-refractivity contribution in [1.82, 2.24) is 5.32 Å². The smallest absolute Gasteiger partial charge is 0.253 e. The predicted molar refractivity (Wildman–Crippen MR) is 154 cm³/mol. The molecule has 3 aromatic carbocycles. The summed E-state index contributed by atoms with van der Waals surface area (Å²) in [5, 5.41) is 6.12. The molecule has 0 saturated carbocycles. The lowest BCUT2D eigenvalue weighted by molar-refractivity contribution is -0.116. The highest BCUT2D eigenvalue weighted by molar-refractivity contribution is 6.02. The molecular formula is C31H38N4O3. The highest BCUT2D eigenvalue weighted by Gasteiger charge is 2.24. The molecule has 4 rings (SSSR count). The van der Waals surface area contributed by atoms with E-state index in [1.165, 1.54) is 0 Å². The normalized spacial score (nSPS) is 14.1. The molecule has 0 spiro atoms. The zero-order valence-corrected chi connectivity index (χ0v) is 22.6. The lowest BCUT2D eigenvalue weighted by Gasteiger charge is -2.38. The van der Waals surface area contributed by atoms with Crippen molar-refractivity contribution >= 4 is 28.9 Å². The molecule has 7 nitrogen and oxygen atoms in total. The van der Waals surface area contributed by atoms with E-state index in [9.17, 15) is 9.59 Å². The highest BCUT2D eigenvalue weighted by atomic mass is 16.5. The van der Waals surface area contributed by atoms with Crippen LogP contribution in [0, 0.1) is 0 Å². The molecule has 1 saturated heterocycles. The predicted octanol–water partition coefficient (Wildman–Crippen LogP) is 5.64. The van der Waals surface area contributed by atoms with Crippen molar-refractivity contribution in [3.05, 3.63) is 83.9 Å². The first-order valence-corrected chi connectivity index (χ1v) is 13.4. The lowest BCUT2D eigenvalue weighted by Crippen LogP contribution is -2.47. The van der Waals surface area contributed by atoms with Crippen molar-refractivity contribution in [1.29, 1.82) is 0 Å². The summed E-state index contributed by atoms with van der Waals surface area (Å²) in [6.07, 6.45) is 2.26. The van der Waals surface area contributed by atoms with Crippen LogP contribution in [0.15, 0.2) is 72.8 Å². The average Bonchev–Trinajstić information content (AvgIpc) is 2.96. The second kappa shape index (κ2) is 13.0. The molecule has 7 heteroatoms. The van der Waals surface area contributed by atoms with E-state index in [-0.39, 0.29) is 17.9 Å². The second-order valence-electron chi connectivity index (χ2n) is 9.64. The Labute approximate surface area is 225 Å². The zero-order valence-electron chi connectivity index (χ0n) is 22.6. The Morgan fingerprint density at radius 2 is 1.55 bits per heavy atom. The van der Waals surface area contributed by atoms with Gasteiger partial charge >= 0.3 is 0 Å². The number of anilines is 3. The summed E-state index contributed by atoms with van der Waals surface area (Å²) in [4.78, 5) is 30.5. The molecule has 38 heavy (non-hydrogen) atoms. The molecule has 2 amide bonds. The van der Waals surface area contributed by atoms with Crippen LogP contribution in [0.3, 0.4) is 0 Å². The van der Waals surface area contributed by atoms with E-state index in [1.807, 2.05) is 67.6 Å². The van der Waals surface area contributed by atoms with Crippen molar-refractivity contribution in [2.45, 2.75) is 39.2 Å². The van der Waals surface area contributed by atoms with Crippen LogP contribution in [0.2, 0.25) is 0 Å². The number of hydrogen-bond donors (Lipinski definition) is 2. The Bertz CT molecular complexity index is 1220. The van der Waals surface area contributed by atoms with Crippen molar-refractivity contribution < 1.29 is 14.3 Å². The summed E-state index contributed by atoms with van der Waals surface area (Å²) < 4.78 is 5.56. The van der Waals surface area contributed by atoms with Gasteiger partial charge in [-0.15, -0.1) is 0 Å². The van der Waals surface area contributed by atoms with E-state index in [4.69, 9.17) is 4.74 Å².